The fourth-order valence-corrected chi connectivity index (χ4v) is 2.05. The first-order valence-corrected chi connectivity index (χ1v) is 5.35. The van der Waals surface area contributed by atoms with Crippen LogP contribution in [0.2, 0.25) is 0 Å². The van der Waals surface area contributed by atoms with Gasteiger partial charge in [-0.05, 0) is 18.4 Å². The predicted octanol–water partition coefficient (Wildman–Crippen LogP) is 2.00. The molecule has 0 aliphatic carbocycles. The van der Waals surface area contributed by atoms with Crippen LogP contribution in [0.25, 0.3) is 11.3 Å². The van der Waals surface area contributed by atoms with Gasteiger partial charge in [0.1, 0.15) is 5.69 Å². The third-order valence-electron chi connectivity index (χ3n) is 2.05. The van der Waals surface area contributed by atoms with Gasteiger partial charge in [0.15, 0.2) is 5.69 Å². The second-order valence-corrected chi connectivity index (χ2v) is 3.91. The molecule has 0 aromatic carbocycles. The van der Waals surface area contributed by atoms with Crippen LogP contribution < -0.4 is 5.73 Å². The Morgan fingerprint density at radius 1 is 1.50 bits per heavy atom. The number of hydrogen-bond donors (Lipinski definition) is 1. The van der Waals surface area contributed by atoms with E-state index in [1.165, 1.54) is 11.3 Å². The molecule has 2 N–H and O–H groups in total. The summed E-state index contributed by atoms with van der Waals surface area (Å²) in [6, 6.07) is 1.76. The quantitative estimate of drug-likeness (QED) is 0.635. The van der Waals surface area contributed by atoms with Crippen molar-refractivity contribution in [2.24, 2.45) is 0 Å². The predicted molar refractivity (Wildman–Crippen MR) is 61.1 cm³/mol. The van der Waals surface area contributed by atoms with E-state index in [1.54, 1.807) is 18.4 Å². The van der Waals surface area contributed by atoms with Crippen LogP contribution in [0.5, 0.6) is 0 Å². The zero-order chi connectivity index (χ0) is 11.7. The number of aryl methyl sites for hydroxylation is 1. The number of nitrogen functional groups attached to an aromatic ring is 1. The number of nitro groups is 1. The molecule has 0 radical (unpaired) electrons. The van der Waals surface area contributed by atoms with Gasteiger partial charge in [0.2, 0.25) is 5.95 Å². The molecule has 0 unspecified atom stereocenters. The van der Waals surface area contributed by atoms with Gasteiger partial charge in [0.25, 0.3) is 0 Å². The van der Waals surface area contributed by atoms with Crippen molar-refractivity contribution in [3.05, 3.63) is 32.6 Å². The third kappa shape index (κ3) is 1.72. The summed E-state index contributed by atoms with van der Waals surface area (Å²) < 4.78 is 0. The van der Waals surface area contributed by atoms with Gasteiger partial charge in [-0.2, -0.15) is 11.3 Å². The number of nitrogens with zero attached hydrogens (tertiary/aromatic N) is 3. The van der Waals surface area contributed by atoms with Crippen LogP contribution in [0.4, 0.5) is 11.6 Å². The van der Waals surface area contributed by atoms with Crippen molar-refractivity contribution in [2.45, 2.75) is 6.92 Å². The van der Waals surface area contributed by atoms with E-state index in [1.807, 2.05) is 5.38 Å². The van der Waals surface area contributed by atoms with Gasteiger partial charge in [-0.25, -0.2) is 9.97 Å². The average molecular weight is 236 g/mol. The largest absolute Gasteiger partial charge is 0.368 e. The van der Waals surface area contributed by atoms with Gasteiger partial charge in [0.05, 0.1) is 4.92 Å². The molecule has 0 atom stereocenters. The minimum atomic E-state index is -0.484. The zero-order valence-electron chi connectivity index (χ0n) is 8.38. The molecule has 2 aromatic rings. The van der Waals surface area contributed by atoms with Gasteiger partial charge >= 0.3 is 5.69 Å². The van der Waals surface area contributed by atoms with Gasteiger partial charge in [-0.1, -0.05) is 0 Å². The van der Waals surface area contributed by atoms with E-state index in [0.717, 1.165) is 0 Å². The second-order valence-electron chi connectivity index (χ2n) is 3.13. The lowest BCUT2D eigenvalue weighted by Crippen LogP contribution is -2.04. The van der Waals surface area contributed by atoms with Gasteiger partial charge in [-0.3, -0.25) is 10.1 Å². The molecule has 0 fully saturated rings. The molecule has 6 nitrogen and oxygen atoms in total. The summed E-state index contributed by atoms with van der Waals surface area (Å²) in [5, 5.41) is 14.5. The normalized spacial score (nSPS) is 10.3. The summed E-state index contributed by atoms with van der Waals surface area (Å²) in [6.45, 7) is 1.55. The van der Waals surface area contributed by atoms with Crippen LogP contribution >= 0.6 is 11.3 Å². The molecule has 0 aliphatic rings. The number of thiophene rings is 1. The van der Waals surface area contributed by atoms with Gasteiger partial charge < -0.3 is 5.73 Å². The summed E-state index contributed by atoms with van der Waals surface area (Å²) in [5.74, 6) is 0.0456. The van der Waals surface area contributed by atoms with Crippen molar-refractivity contribution in [1.29, 1.82) is 0 Å². The van der Waals surface area contributed by atoms with E-state index >= 15 is 0 Å². The van der Waals surface area contributed by atoms with Gasteiger partial charge in [-0.15, -0.1) is 0 Å². The van der Waals surface area contributed by atoms with Crippen molar-refractivity contribution in [3.8, 4) is 11.3 Å². The summed E-state index contributed by atoms with van der Waals surface area (Å²) in [6.07, 6.45) is 0. The van der Waals surface area contributed by atoms with Crippen LogP contribution in [0.1, 0.15) is 5.69 Å². The van der Waals surface area contributed by atoms with E-state index in [0.29, 0.717) is 5.56 Å². The molecular weight excluding hydrogens is 228 g/mol. The number of hydrogen-bond acceptors (Lipinski definition) is 6. The molecule has 0 saturated heterocycles. The highest BCUT2D eigenvalue weighted by Crippen LogP contribution is 2.31. The Morgan fingerprint density at radius 3 is 2.81 bits per heavy atom. The molecule has 7 heteroatoms. The van der Waals surface area contributed by atoms with Crippen LogP contribution in [0, 0.1) is 17.0 Å². The molecule has 2 aromatic heterocycles. The minimum absolute atomic E-state index is 0.0456. The SMILES string of the molecule is Cc1nc(N)nc(-c2ccsc2)c1[N+](=O)[O-]. The Hall–Kier alpha value is -2.02. The fourth-order valence-electron chi connectivity index (χ4n) is 1.41. The molecular formula is C9H8N4O2S. The molecule has 16 heavy (non-hydrogen) atoms. The summed E-state index contributed by atoms with van der Waals surface area (Å²) in [7, 11) is 0. The van der Waals surface area contributed by atoms with Crippen molar-refractivity contribution in [2.75, 3.05) is 5.73 Å². The minimum Gasteiger partial charge on any atom is -0.368 e. The second kappa shape index (κ2) is 3.86. The van der Waals surface area contributed by atoms with Crippen LogP contribution in [0.3, 0.4) is 0 Å². The Morgan fingerprint density at radius 2 is 2.25 bits per heavy atom. The van der Waals surface area contributed by atoms with E-state index in [9.17, 15) is 10.1 Å². The monoisotopic (exact) mass is 236 g/mol. The highest BCUT2D eigenvalue weighted by atomic mass is 32.1. The first-order valence-electron chi connectivity index (χ1n) is 4.40. The maximum absolute atomic E-state index is 10.9. The van der Waals surface area contributed by atoms with E-state index in [-0.39, 0.29) is 23.0 Å². The molecule has 2 heterocycles. The molecule has 0 aliphatic heterocycles. The lowest BCUT2D eigenvalue weighted by molar-refractivity contribution is -0.385. The van der Waals surface area contributed by atoms with E-state index in [2.05, 4.69) is 9.97 Å². The average Bonchev–Trinajstić information content (AvgIpc) is 2.67. The first-order chi connectivity index (χ1) is 7.59. The lowest BCUT2D eigenvalue weighted by Gasteiger charge is -2.03. The maximum atomic E-state index is 10.9. The summed E-state index contributed by atoms with van der Waals surface area (Å²) >= 11 is 1.44. The highest BCUT2D eigenvalue weighted by Gasteiger charge is 2.22. The number of aromatic nitrogens is 2. The van der Waals surface area contributed by atoms with Crippen molar-refractivity contribution in [3.63, 3.8) is 0 Å². The van der Waals surface area contributed by atoms with E-state index < -0.39 is 4.92 Å². The molecule has 0 spiro atoms. The third-order valence-corrected chi connectivity index (χ3v) is 2.74. The maximum Gasteiger partial charge on any atom is 0.316 e. The number of rotatable bonds is 2. The number of anilines is 1. The Balaban J connectivity index is 2.72. The molecule has 82 valence electrons. The highest BCUT2D eigenvalue weighted by molar-refractivity contribution is 7.08. The van der Waals surface area contributed by atoms with Crippen LogP contribution in [-0.4, -0.2) is 14.9 Å². The zero-order valence-corrected chi connectivity index (χ0v) is 9.19. The number of nitrogens with two attached hydrogens (primary N) is 1. The fraction of sp³-hybridized carbons (Fsp3) is 0.111. The Labute approximate surface area is 94.9 Å². The topological polar surface area (TPSA) is 94.9 Å². The molecule has 0 bridgehead atoms. The lowest BCUT2D eigenvalue weighted by atomic mass is 10.2. The van der Waals surface area contributed by atoms with Crippen molar-refractivity contribution >= 4 is 23.0 Å². The summed E-state index contributed by atoms with van der Waals surface area (Å²) in [5.41, 5.74) is 6.64. The standard InChI is InChI=1S/C9H8N4O2S/c1-5-8(13(14)15)7(12-9(10)11-5)6-2-3-16-4-6/h2-4H,1H3,(H2,10,11,12). The van der Waals surface area contributed by atoms with Gasteiger partial charge in [0, 0.05) is 10.9 Å². The van der Waals surface area contributed by atoms with E-state index in [4.69, 9.17) is 5.73 Å². The van der Waals surface area contributed by atoms with Crippen molar-refractivity contribution < 1.29 is 4.92 Å². The molecule has 0 saturated carbocycles. The summed E-state index contributed by atoms with van der Waals surface area (Å²) in [4.78, 5) is 18.2. The van der Waals surface area contributed by atoms with Crippen molar-refractivity contribution in [1.82, 2.24) is 9.97 Å². The van der Waals surface area contributed by atoms with Crippen LogP contribution in [-0.2, 0) is 0 Å². The Bertz CT molecular complexity index is 539. The molecule has 0 amide bonds. The molecule has 2 rings (SSSR count). The Kier molecular flexibility index (Phi) is 2.53. The van der Waals surface area contributed by atoms with Crippen LogP contribution in [0.15, 0.2) is 16.8 Å². The first kappa shape index (κ1) is 10.5. The smallest absolute Gasteiger partial charge is 0.316 e.